The molecule has 1 saturated heterocycles. The molecule has 1 aliphatic rings. The molecule has 1 unspecified atom stereocenters. The van der Waals surface area contributed by atoms with E-state index in [0.717, 1.165) is 0 Å². The van der Waals surface area contributed by atoms with Crippen molar-refractivity contribution in [2.75, 3.05) is 13.2 Å². The number of amides is 1. The van der Waals surface area contributed by atoms with Crippen molar-refractivity contribution in [1.29, 1.82) is 0 Å². The maximum atomic E-state index is 10.6. The lowest BCUT2D eigenvalue weighted by Crippen LogP contribution is -2.29. The van der Waals surface area contributed by atoms with Gasteiger partial charge in [-0.15, -0.1) is 0 Å². The van der Waals surface area contributed by atoms with Gasteiger partial charge in [-0.1, -0.05) is 11.6 Å². The van der Waals surface area contributed by atoms with Gasteiger partial charge in [-0.25, -0.2) is 4.79 Å². The van der Waals surface area contributed by atoms with Gasteiger partial charge < -0.3 is 4.74 Å². The SMILES string of the molecule is CC(Cl)N1CCOC1=O. The Morgan fingerprint density at radius 1 is 1.89 bits per heavy atom. The van der Waals surface area contributed by atoms with Gasteiger partial charge >= 0.3 is 6.09 Å². The van der Waals surface area contributed by atoms with Gasteiger partial charge in [-0.3, -0.25) is 4.90 Å². The van der Waals surface area contributed by atoms with Crippen LogP contribution in [0.4, 0.5) is 4.79 Å². The molecule has 4 heteroatoms. The molecule has 0 spiro atoms. The average molecular weight is 150 g/mol. The molecule has 0 aliphatic carbocycles. The van der Waals surface area contributed by atoms with Gasteiger partial charge in [0.1, 0.15) is 12.1 Å². The summed E-state index contributed by atoms with van der Waals surface area (Å²) in [7, 11) is 0. The van der Waals surface area contributed by atoms with E-state index in [1.807, 2.05) is 0 Å². The monoisotopic (exact) mass is 149 g/mol. The molecule has 0 aromatic carbocycles. The molecule has 0 N–H and O–H groups in total. The normalized spacial score (nSPS) is 22.0. The summed E-state index contributed by atoms with van der Waals surface area (Å²) in [6.45, 7) is 2.83. The van der Waals surface area contributed by atoms with Crippen LogP contribution in [-0.2, 0) is 4.74 Å². The van der Waals surface area contributed by atoms with Crippen LogP contribution in [0.5, 0.6) is 0 Å². The highest BCUT2D eigenvalue weighted by molar-refractivity contribution is 6.20. The Balaban J connectivity index is 2.49. The van der Waals surface area contributed by atoms with E-state index in [2.05, 4.69) is 4.74 Å². The molecule has 1 rings (SSSR count). The highest BCUT2D eigenvalue weighted by atomic mass is 35.5. The number of hydrogen-bond donors (Lipinski definition) is 0. The van der Waals surface area contributed by atoms with Crippen LogP contribution in [0.3, 0.4) is 0 Å². The van der Waals surface area contributed by atoms with E-state index in [4.69, 9.17) is 11.6 Å². The Morgan fingerprint density at radius 2 is 2.56 bits per heavy atom. The number of carbonyl (C=O) groups is 1. The van der Waals surface area contributed by atoms with Crippen molar-refractivity contribution in [2.45, 2.75) is 12.4 Å². The predicted octanol–water partition coefficient (Wildman–Crippen LogP) is 1.02. The molecule has 1 heterocycles. The summed E-state index contributed by atoms with van der Waals surface area (Å²) in [4.78, 5) is 12.1. The van der Waals surface area contributed by atoms with Crippen molar-refractivity contribution in [3.05, 3.63) is 0 Å². The zero-order valence-electron chi connectivity index (χ0n) is 5.13. The summed E-state index contributed by atoms with van der Waals surface area (Å²) in [5.74, 6) is 0. The zero-order chi connectivity index (χ0) is 6.85. The van der Waals surface area contributed by atoms with Crippen LogP contribution in [0.2, 0.25) is 0 Å². The first kappa shape index (κ1) is 6.68. The van der Waals surface area contributed by atoms with Crippen LogP contribution in [0.1, 0.15) is 6.92 Å². The smallest absolute Gasteiger partial charge is 0.411 e. The van der Waals surface area contributed by atoms with Crippen molar-refractivity contribution in [2.24, 2.45) is 0 Å². The topological polar surface area (TPSA) is 29.5 Å². The Kier molecular flexibility index (Phi) is 1.81. The summed E-state index contributed by atoms with van der Waals surface area (Å²) in [5.41, 5.74) is -0.250. The predicted molar refractivity (Wildman–Crippen MR) is 33.4 cm³/mol. The number of carbonyl (C=O) groups excluding carboxylic acids is 1. The van der Waals surface area contributed by atoms with Gasteiger partial charge in [-0.05, 0) is 6.92 Å². The maximum Gasteiger partial charge on any atom is 0.411 e. The van der Waals surface area contributed by atoms with Gasteiger partial charge in [0.2, 0.25) is 0 Å². The van der Waals surface area contributed by atoms with Gasteiger partial charge in [0.25, 0.3) is 0 Å². The van der Waals surface area contributed by atoms with Gasteiger partial charge in [0.15, 0.2) is 0 Å². The van der Waals surface area contributed by atoms with E-state index < -0.39 is 0 Å². The number of ether oxygens (including phenoxy) is 1. The second kappa shape index (κ2) is 2.43. The summed E-state index contributed by atoms with van der Waals surface area (Å²) in [6, 6.07) is 0. The molecular formula is C5H8ClNO2. The minimum atomic E-state index is -0.308. The fraction of sp³-hybridized carbons (Fsp3) is 0.800. The van der Waals surface area contributed by atoms with Gasteiger partial charge in [0.05, 0.1) is 6.54 Å². The molecule has 52 valence electrons. The van der Waals surface area contributed by atoms with Crippen molar-refractivity contribution >= 4 is 17.7 Å². The van der Waals surface area contributed by atoms with Crippen molar-refractivity contribution in [3.63, 3.8) is 0 Å². The second-order valence-electron chi connectivity index (χ2n) is 1.88. The molecular weight excluding hydrogens is 142 g/mol. The molecule has 0 radical (unpaired) electrons. The van der Waals surface area contributed by atoms with E-state index in [1.165, 1.54) is 4.90 Å². The Hall–Kier alpha value is -0.440. The summed E-state index contributed by atoms with van der Waals surface area (Å²) in [5, 5.41) is 0. The first-order valence-corrected chi connectivity index (χ1v) is 3.23. The molecule has 0 bridgehead atoms. The van der Waals surface area contributed by atoms with Crippen LogP contribution in [0, 0.1) is 0 Å². The third kappa shape index (κ3) is 1.27. The number of cyclic esters (lactones) is 1. The van der Waals surface area contributed by atoms with E-state index >= 15 is 0 Å². The molecule has 1 amide bonds. The lowest BCUT2D eigenvalue weighted by Gasteiger charge is -2.13. The fourth-order valence-corrected chi connectivity index (χ4v) is 0.906. The van der Waals surface area contributed by atoms with Crippen LogP contribution in [0.15, 0.2) is 0 Å². The largest absolute Gasteiger partial charge is 0.447 e. The van der Waals surface area contributed by atoms with Crippen LogP contribution < -0.4 is 0 Å². The summed E-state index contributed by atoms with van der Waals surface area (Å²) >= 11 is 5.60. The number of halogens is 1. The van der Waals surface area contributed by atoms with Crippen LogP contribution in [0.25, 0.3) is 0 Å². The standard InChI is InChI=1S/C5H8ClNO2/c1-4(6)7-2-3-9-5(7)8/h4H,2-3H2,1H3. The fourth-order valence-electron chi connectivity index (χ4n) is 0.729. The third-order valence-electron chi connectivity index (χ3n) is 1.22. The zero-order valence-corrected chi connectivity index (χ0v) is 5.89. The first-order chi connectivity index (χ1) is 4.22. The Morgan fingerprint density at radius 3 is 2.78 bits per heavy atom. The molecule has 1 atom stereocenters. The molecule has 0 saturated carbocycles. The minimum Gasteiger partial charge on any atom is -0.447 e. The van der Waals surface area contributed by atoms with Crippen LogP contribution in [-0.4, -0.2) is 29.6 Å². The number of rotatable bonds is 1. The highest BCUT2D eigenvalue weighted by Gasteiger charge is 2.24. The van der Waals surface area contributed by atoms with Crippen LogP contribution >= 0.6 is 11.6 Å². The maximum absolute atomic E-state index is 10.6. The lowest BCUT2D eigenvalue weighted by atomic mass is 10.6. The molecule has 9 heavy (non-hydrogen) atoms. The second-order valence-corrected chi connectivity index (χ2v) is 2.51. The van der Waals surface area contributed by atoms with Gasteiger partial charge in [0, 0.05) is 0 Å². The van der Waals surface area contributed by atoms with E-state index in [9.17, 15) is 4.79 Å². The van der Waals surface area contributed by atoms with Gasteiger partial charge in [-0.2, -0.15) is 0 Å². The average Bonchev–Trinajstić information content (AvgIpc) is 2.13. The lowest BCUT2D eigenvalue weighted by molar-refractivity contribution is 0.157. The van der Waals surface area contributed by atoms with E-state index in [0.29, 0.717) is 13.2 Å². The van der Waals surface area contributed by atoms with Crippen molar-refractivity contribution in [1.82, 2.24) is 4.90 Å². The summed E-state index contributed by atoms with van der Waals surface area (Å²) < 4.78 is 4.63. The third-order valence-corrected chi connectivity index (χ3v) is 1.46. The Labute approximate surface area is 58.5 Å². The minimum absolute atomic E-state index is 0.250. The Bertz CT molecular complexity index is 126. The molecule has 0 aromatic rings. The number of alkyl halides is 1. The van der Waals surface area contributed by atoms with Crippen molar-refractivity contribution < 1.29 is 9.53 Å². The number of nitrogens with zero attached hydrogens (tertiary/aromatic N) is 1. The van der Waals surface area contributed by atoms with E-state index in [-0.39, 0.29) is 11.6 Å². The first-order valence-electron chi connectivity index (χ1n) is 2.79. The number of hydrogen-bond acceptors (Lipinski definition) is 2. The molecule has 3 nitrogen and oxygen atoms in total. The molecule has 1 fully saturated rings. The summed E-state index contributed by atoms with van der Waals surface area (Å²) in [6.07, 6.45) is -0.308. The quantitative estimate of drug-likeness (QED) is 0.412. The molecule has 1 aliphatic heterocycles. The highest BCUT2D eigenvalue weighted by Crippen LogP contribution is 2.10. The molecule has 0 aromatic heterocycles. The van der Waals surface area contributed by atoms with E-state index in [1.54, 1.807) is 6.92 Å². The van der Waals surface area contributed by atoms with Crippen molar-refractivity contribution in [3.8, 4) is 0 Å².